The molecular formula is C14H17ClN2O3. The Hall–Kier alpha value is -1.75. The molecule has 2 amide bonds. The molecule has 1 aliphatic carbocycles. The second-order valence-corrected chi connectivity index (χ2v) is 5.49. The van der Waals surface area contributed by atoms with E-state index >= 15 is 0 Å². The lowest BCUT2D eigenvalue weighted by atomic mass is 9.80. The van der Waals surface area contributed by atoms with E-state index in [1.165, 1.54) is 24.6 Å². The number of urea groups is 1. The van der Waals surface area contributed by atoms with Crippen molar-refractivity contribution in [2.75, 3.05) is 5.32 Å². The Labute approximate surface area is 122 Å². The minimum absolute atomic E-state index is 0.0868. The number of carboxylic acids is 1. The van der Waals surface area contributed by atoms with E-state index in [1.54, 1.807) is 0 Å². The largest absolute Gasteiger partial charge is 0.478 e. The molecule has 3 N–H and O–H groups in total. The minimum atomic E-state index is -1.05. The molecule has 0 aromatic heterocycles. The Kier molecular flexibility index (Phi) is 4.49. The number of hydrogen-bond donors (Lipinski definition) is 3. The maximum absolute atomic E-state index is 11.8. The van der Waals surface area contributed by atoms with Crippen LogP contribution < -0.4 is 10.6 Å². The summed E-state index contributed by atoms with van der Waals surface area (Å²) in [5, 5.41) is 14.5. The van der Waals surface area contributed by atoms with Crippen LogP contribution in [0.25, 0.3) is 0 Å². The van der Waals surface area contributed by atoms with Crippen LogP contribution in [0.2, 0.25) is 5.02 Å². The van der Waals surface area contributed by atoms with Gasteiger partial charge in [0.2, 0.25) is 0 Å². The average molecular weight is 297 g/mol. The van der Waals surface area contributed by atoms with E-state index in [0.717, 1.165) is 12.8 Å². The number of benzene rings is 1. The molecular weight excluding hydrogens is 280 g/mol. The number of anilines is 1. The SMILES string of the molecule is CC(NC(=O)Nc1ccc(C(=O)O)cc1Cl)C1CCC1. The van der Waals surface area contributed by atoms with Gasteiger partial charge in [0.25, 0.3) is 0 Å². The van der Waals surface area contributed by atoms with Gasteiger partial charge in [-0.3, -0.25) is 0 Å². The first-order valence-corrected chi connectivity index (χ1v) is 6.95. The molecule has 0 bridgehead atoms. The fraction of sp³-hybridized carbons (Fsp3) is 0.429. The fourth-order valence-corrected chi connectivity index (χ4v) is 2.40. The van der Waals surface area contributed by atoms with Crippen molar-refractivity contribution in [2.24, 2.45) is 5.92 Å². The maximum atomic E-state index is 11.8. The van der Waals surface area contributed by atoms with Gasteiger partial charge in [-0.2, -0.15) is 0 Å². The highest BCUT2D eigenvalue weighted by Gasteiger charge is 2.25. The number of rotatable bonds is 4. The highest BCUT2D eigenvalue weighted by Crippen LogP contribution is 2.29. The van der Waals surface area contributed by atoms with Gasteiger partial charge in [-0.15, -0.1) is 0 Å². The first-order chi connectivity index (χ1) is 9.47. The van der Waals surface area contributed by atoms with Crippen molar-refractivity contribution in [2.45, 2.75) is 32.2 Å². The number of halogens is 1. The lowest BCUT2D eigenvalue weighted by molar-refractivity contribution is 0.0697. The van der Waals surface area contributed by atoms with Crippen molar-refractivity contribution >= 4 is 29.3 Å². The molecule has 0 aliphatic heterocycles. The summed E-state index contributed by atoms with van der Waals surface area (Å²) in [5.74, 6) is -0.507. The predicted octanol–water partition coefficient (Wildman–Crippen LogP) is 3.35. The van der Waals surface area contributed by atoms with Crippen LogP contribution in [0.1, 0.15) is 36.5 Å². The normalized spacial score (nSPS) is 16.1. The summed E-state index contributed by atoms with van der Waals surface area (Å²) in [4.78, 5) is 22.6. The molecule has 1 unspecified atom stereocenters. The topological polar surface area (TPSA) is 78.4 Å². The average Bonchev–Trinajstić information content (AvgIpc) is 2.28. The van der Waals surface area contributed by atoms with Crippen LogP contribution in [0, 0.1) is 5.92 Å². The Morgan fingerprint density at radius 1 is 1.40 bits per heavy atom. The molecule has 0 saturated heterocycles. The lowest BCUT2D eigenvalue weighted by Gasteiger charge is -2.31. The monoisotopic (exact) mass is 296 g/mol. The van der Waals surface area contributed by atoms with Gasteiger partial charge in [0.05, 0.1) is 16.3 Å². The first kappa shape index (κ1) is 14.7. The zero-order valence-corrected chi connectivity index (χ0v) is 11.9. The molecule has 0 spiro atoms. The second-order valence-electron chi connectivity index (χ2n) is 5.08. The minimum Gasteiger partial charge on any atom is -0.478 e. The van der Waals surface area contributed by atoms with Crippen LogP contribution in [0.15, 0.2) is 18.2 Å². The van der Waals surface area contributed by atoms with Crippen molar-refractivity contribution in [3.8, 4) is 0 Å². The zero-order valence-electron chi connectivity index (χ0n) is 11.1. The Morgan fingerprint density at radius 2 is 2.10 bits per heavy atom. The number of carbonyl (C=O) groups is 2. The third kappa shape index (κ3) is 3.42. The molecule has 1 fully saturated rings. The van der Waals surface area contributed by atoms with Gasteiger partial charge in [0.1, 0.15) is 0 Å². The third-order valence-electron chi connectivity index (χ3n) is 3.68. The molecule has 2 rings (SSSR count). The summed E-state index contributed by atoms with van der Waals surface area (Å²) in [5.41, 5.74) is 0.485. The van der Waals surface area contributed by atoms with Crippen LogP contribution in [-0.4, -0.2) is 23.1 Å². The van der Waals surface area contributed by atoms with E-state index in [0.29, 0.717) is 11.6 Å². The number of nitrogens with one attached hydrogen (secondary N) is 2. The maximum Gasteiger partial charge on any atom is 0.335 e. The van der Waals surface area contributed by atoms with Crippen LogP contribution in [0.4, 0.5) is 10.5 Å². The van der Waals surface area contributed by atoms with Gasteiger partial charge in [-0.25, -0.2) is 9.59 Å². The molecule has 1 aromatic rings. The standard InChI is InChI=1S/C14H17ClN2O3/c1-8(9-3-2-4-9)16-14(20)17-12-6-5-10(13(18)19)7-11(12)15/h5-9H,2-4H2,1H3,(H,18,19)(H2,16,17,20). The molecule has 1 saturated carbocycles. The summed E-state index contributed by atoms with van der Waals surface area (Å²) in [7, 11) is 0. The highest BCUT2D eigenvalue weighted by molar-refractivity contribution is 6.34. The van der Waals surface area contributed by atoms with Gasteiger partial charge in [-0.05, 0) is 43.9 Å². The van der Waals surface area contributed by atoms with Crippen molar-refractivity contribution in [1.29, 1.82) is 0 Å². The van der Waals surface area contributed by atoms with E-state index < -0.39 is 5.97 Å². The summed E-state index contributed by atoms with van der Waals surface area (Å²) in [6.45, 7) is 1.98. The van der Waals surface area contributed by atoms with Gasteiger partial charge in [-0.1, -0.05) is 18.0 Å². The zero-order chi connectivity index (χ0) is 14.7. The van der Waals surface area contributed by atoms with Crippen LogP contribution in [0.3, 0.4) is 0 Å². The van der Waals surface area contributed by atoms with E-state index in [2.05, 4.69) is 10.6 Å². The Balaban J connectivity index is 1.95. The number of carbonyl (C=O) groups excluding carboxylic acids is 1. The number of aromatic carboxylic acids is 1. The molecule has 1 atom stereocenters. The second kappa shape index (κ2) is 6.13. The number of hydrogen-bond acceptors (Lipinski definition) is 2. The Morgan fingerprint density at radius 3 is 2.60 bits per heavy atom. The van der Waals surface area contributed by atoms with Gasteiger partial charge >= 0.3 is 12.0 Å². The summed E-state index contributed by atoms with van der Waals surface area (Å²) in [6.07, 6.45) is 3.52. The molecule has 5 nitrogen and oxygen atoms in total. The highest BCUT2D eigenvalue weighted by atomic mass is 35.5. The van der Waals surface area contributed by atoms with Crippen molar-refractivity contribution in [1.82, 2.24) is 5.32 Å². The van der Waals surface area contributed by atoms with Crippen LogP contribution in [-0.2, 0) is 0 Å². The van der Waals surface area contributed by atoms with Crippen molar-refractivity contribution < 1.29 is 14.7 Å². The quantitative estimate of drug-likeness (QED) is 0.797. The number of amides is 2. The number of carboxylic acid groups (broad SMARTS) is 1. The van der Waals surface area contributed by atoms with E-state index in [9.17, 15) is 9.59 Å². The van der Waals surface area contributed by atoms with Gasteiger partial charge < -0.3 is 15.7 Å². The molecule has 20 heavy (non-hydrogen) atoms. The first-order valence-electron chi connectivity index (χ1n) is 6.57. The van der Waals surface area contributed by atoms with Crippen molar-refractivity contribution in [3.05, 3.63) is 28.8 Å². The molecule has 6 heteroatoms. The molecule has 1 aromatic carbocycles. The van der Waals surface area contributed by atoms with Gasteiger partial charge in [0.15, 0.2) is 0 Å². The smallest absolute Gasteiger partial charge is 0.335 e. The van der Waals surface area contributed by atoms with Crippen molar-refractivity contribution in [3.63, 3.8) is 0 Å². The van der Waals surface area contributed by atoms with Gasteiger partial charge in [0, 0.05) is 6.04 Å². The van der Waals surface area contributed by atoms with E-state index in [1.807, 2.05) is 6.92 Å². The predicted molar refractivity (Wildman–Crippen MR) is 77.4 cm³/mol. The Bertz CT molecular complexity index is 529. The molecule has 1 aliphatic rings. The summed E-state index contributed by atoms with van der Waals surface area (Å²) >= 11 is 5.95. The molecule has 108 valence electrons. The van der Waals surface area contributed by atoms with E-state index in [4.69, 9.17) is 16.7 Å². The molecule has 0 radical (unpaired) electrons. The third-order valence-corrected chi connectivity index (χ3v) is 3.99. The van der Waals surface area contributed by atoms with Crippen LogP contribution in [0.5, 0.6) is 0 Å². The van der Waals surface area contributed by atoms with E-state index in [-0.39, 0.29) is 22.7 Å². The fourth-order valence-electron chi connectivity index (χ4n) is 2.17. The summed E-state index contributed by atoms with van der Waals surface area (Å²) in [6, 6.07) is 4.00. The summed E-state index contributed by atoms with van der Waals surface area (Å²) < 4.78 is 0. The van der Waals surface area contributed by atoms with Crippen LogP contribution >= 0.6 is 11.6 Å². The lowest BCUT2D eigenvalue weighted by Crippen LogP contribution is -2.42. The molecule has 0 heterocycles.